The standard InChI is InChI=1S/C8H15NO3S/c1-2-3-8-13(10,11)9-6-4-5-7-12-9/h2-3H,4-8H2,1H3/b3-2+. The second kappa shape index (κ2) is 4.74. The molecular formula is C8H15NO3S. The molecule has 1 aliphatic rings. The van der Waals surface area contributed by atoms with Crippen LogP contribution in [0.1, 0.15) is 19.8 Å². The Morgan fingerprint density at radius 3 is 2.77 bits per heavy atom. The van der Waals surface area contributed by atoms with Gasteiger partial charge in [0.25, 0.3) is 0 Å². The third kappa shape index (κ3) is 3.10. The molecule has 76 valence electrons. The summed E-state index contributed by atoms with van der Waals surface area (Å²) < 4.78 is 24.1. The van der Waals surface area contributed by atoms with Gasteiger partial charge in [-0.25, -0.2) is 8.42 Å². The summed E-state index contributed by atoms with van der Waals surface area (Å²) in [5.41, 5.74) is 0. The highest BCUT2D eigenvalue weighted by Gasteiger charge is 2.23. The van der Waals surface area contributed by atoms with Crippen LogP contribution in [0.4, 0.5) is 0 Å². The topological polar surface area (TPSA) is 46.6 Å². The van der Waals surface area contributed by atoms with Crippen LogP contribution in [0.5, 0.6) is 0 Å². The fourth-order valence-electron chi connectivity index (χ4n) is 1.09. The van der Waals surface area contributed by atoms with E-state index in [9.17, 15) is 8.42 Å². The van der Waals surface area contributed by atoms with Crippen LogP contribution in [0.25, 0.3) is 0 Å². The summed E-state index contributed by atoms with van der Waals surface area (Å²) in [4.78, 5) is 5.05. The zero-order chi connectivity index (χ0) is 9.73. The molecular weight excluding hydrogens is 190 g/mol. The van der Waals surface area contributed by atoms with Gasteiger partial charge in [0, 0.05) is 6.54 Å². The predicted octanol–water partition coefficient (Wildman–Crippen LogP) is 0.920. The van der Waals surface area contributed by atoms with E-state index in [-0.39, 0.29) is 5.75 Å². The Kier molecular flexibility index (Phi) is 3.90. The summed E-state index contributed by atoms with van der Waals surface area (Å²) in [5, 5.41) is 0. The van der Waals surface area contributed by atoms with Crippen molar-refractivity contribution >= 4 is 10.0 Å². The molecule has 0 atom stereocenters. The van der Waals surface area contributed by atoms with Crippen molar-refractivity contribution in [2.24, 2.45) is 0 Å². The highest BCUT2D eigenvalue weighted by Crippen LogP contribution is 2.11. The van der Waals surface area contributed by atoms with Crippen molar-refractivity contribution in [1.29, 1.82) is 0 Å². The maximum Gasteiger partial charge on any atom is 0.239 e. The molecule has 13 heavy (non-hydrogen) atoms. The van der Waals surface area contributed by atoms with Gasteiger partial charge in [-0.1, -0.05) is 16.6 Å². The molecule has 0 aromatic rings. The van der Waals surface area contributed by atoms with Crippen molar-refractivity contribution in [3.8, 4) is 0 Å². The number of sulfonamides is 1. The summed E-state index contributed by atoms with van der Waals surface area (Å²) >= 11 is 0. The summed E-state index contributed by atoms with van der Waals surface area (Å²) in [6, 6.07) is 0. The van der Waals surface area contributed by atoms with E-state index in [4.69, 9.17) is 4.84 Å². The molecule has 0 radical (unpaired) electrons. The average molecular weight is 205 g/mol. The molecule has 5 heteroatoms. The predicted molar refractivity (Wildman–Crippen MR) is 50.5 cm³/mol. The molecule has 0 aromatic carbocycles. The quantitative estimate of drug-likeness (QED) is 0.644. The lowest BCUT2D eigenvalue weighted by Crippen LogP contribution is -2.36. The lowest BCUT2D eigenvalue weighted by molar-refractivity contribution is -0.108. The number of hydrogen-bond acceptors (Lipinski definition) is 3. The van der Waals surface area contributed by atoms with Gasteiger partial charge in [0.15, 0.2) is 0 Å². The van der Waals surface area contributed by atoms with Gasteiger partial charge in [0.2, 0.25) is 10.0 Å². The van der Waals surface area contributed by atoms with Gasteiger partial charge in [0.05, 0.1) is 12.4 Å². The molecule has 0 amide bonds. The first kappa shape index (κ1) is 10.7. The molecule has 0 aliphatic carbocycles. The van der Waals surface area contributed by atoms with Crippen molar-refractivity contribution in [2.75, 3.05) is 18.9 Å². The maximum absolute atomic E-state index is 11.5. The van der Waals surface area contributed by atoms with Crippen molar-refractivity contribution < 1.29 is 13.3 Å². The van der Waals surface area contributed by atoms with Gasteiger partial charge in [0.1, 0.15) is 0 Å². The second-order valence-corrected chi connectivity index (χ2v) is 4.82. The third-order valence-electron chi connectivity index (χ3n) is 1.82. The zero-order valence-electron chi connectivity index (χ0n) is 7.77. The van der Waals surface area contributed by atoms with Crippen molar-refractivity contribution in [1.82, 2.24) is 4.47 Å². The van der Waals surface area contributed by atoms with Gasteiger partial charge in [-0.05, 0) is 19.8 Å². The number of rotatable bonds is 3. The fraction of sp³-hybridized carbons (Fsp3) is 0.750. The normalized spacial score (nSPS) is 21.0. The molecule has 0 saturated carbocycles. The lowest BCUT2D eigenvalue weighted by Gasteiger charge is -2.24. The molecule has 4 nitrogen and oxygen atoms in total. The van der Waals surface area contributed by atoms with Crippen LogP contribution in [0, 0.1) is 0 Å². The number of nitrogens with zero attached hydrogens (tertiary/aromatic N) is 1. The van der Waals surface area contributed by atoms with Gasteiger partial charge >= 0.3 is 0 Å². The smallest absolute Gasteiger partial charge is 0.239 e. The Morgan fingerprint density at radius 2 is 2.23 bits per heavy atom. The van der Waals surface area contributed by atoms with E-state index in [0.29, 0.717) is 13.2 Å². The monoisotopic (exact) mass is 205 g/mol. The van der Waals surface area contributed by atoms with Gasteiger partial charge < -0.3 is 0 Å². The molecule has 1 fully saturated rings. The Balaban J connectivity index is 2.56. The molecule has 0 N–H and O–H groups in total. The maximum atomic E-state index is 11.5. The highest BCUT2D eigenvalue weighted by atomic mass is 32.2. The molecule has 1 aliphatic heterocycles. The average Bonchev–Trinajstić information content (AvgIpc) is 2.16. The Hall–Kier alpha value is -0.390. The van der Waals surface area contributed by atoms with Gasteiger partial charge in [-0.15, -0.1) is 0 Å². The van der Waals surface area contributed by atoms with Crippen molar-refractivity contribution in [2.45, 2.75) is 19.8 Å². The van der Waals surface area contributed by atoms with Crippen LogP contribution in [0.2, 0.25) is 0 Å². The van der Waals surface area contributed by atoms with Crippen LogP contribution in [-0.4, -0.2) is 31.8 Å². The SMILES string of the molecule is C/C=C/CS(=O)(=O)N1CCCCO1. The van der Waals surface area contributed by atoms with Gasteiger partial charge in [-0.2, -0.15) is 0 Å². The highest BCUT2D eigenvalue weighted by molar-refractivity contribution is 7.89. The molecule has 1 rings (SSSR count). The molecule has 0 unspecified atom stereocenters. The minimum absolute atomic E-state index is 0.0312. The van der Waals surface area contributed by atoms with E-state index in [1.165, 1.54) is 0 Å². The van der Waals surface area contributed by atoms with Crippen LogP contribution < -0.4 is 0 Å². The zero-order valence-corrected chi connectivity index (χ0v) is 8.59. The molecule has 1 saturated heterocycles. The number of hydrogen-bond donors (Lipinski definition) is 0. The van der Waals surface area contributed by atoms with Crippen LogP contribution in [-0.2, 0) is 14.9 Å². The van der Waals surface area contributed by atoms with Crippen molar-refractivity contribution in [3.63, 3.8) is 0 Å². The van der Waals surface area contributed by atoms with E-state index in [1.54, 1.807) is 19.1 Å². The molecule has 0 spiro atoms. The minimum atomic E-state index is -3.22. The van der Waals surface area contributed by atoms with E-state index in [1.807, 2.05) is 0 Å². The van der Waals surface area contributed by atoms with Gasteiger partial charge in [-0.3, -0.25) is 4.84 Å². The Bertz CT molecular complexity index is 265. The summed E-state index contributed by atoms with van der Waals surface area (Å²) in [7, 11) is -3.22. The first-order chi connectivity index (χ1) is 6.17. The second-order valence-electron chi connectivity index (χ2n) is 2.91. The number of allylic oxidation sites excluding steroid dienone is 1. The van der Waals surface area contributed by atoms with E-state index in [2.05, 4.69) is 0 Å². The van der Waals surface area contributed by atoms with Crippen LogP contribution in [0.3, 0.4) is 0 Å². The molecule has 0 bridgehead atoms. The summed E-state index contributed by atoms with van der Waals surface area (Å²) in [6.45, 7) is 2.79. The van der Waals surface area contributed by atoms with Crippen molar-refractivity contribution in [3.05, 3.63) is 12.2 Å². The first-order valence-corrected chi connectivity index (χ1v) is 6.02. The summed E-state index contributed by atoms with van der Waals surface area (Å²) in [6.07, 6.45) is 5.17. The third-order valence-corrected chi connectivity index (χ3v) is 3.35. The Labute approximate surface area is 79.2 Å². The fourth-order valence-corrected chi connectivity index (χ4v) is 2.34. The minimum Gasteiger partial charge on any atom is -0.284 e. The van der Waals surface area contributed by atoms with Crippen LogP contribution in [0.15, 0.2) is 12.2 Å². The number of hydroxylamine groups is 1. The molecule has 1 heterocycles. The Morgan fingerprint density at radius 1 is 1.46 bits per heavy atom. The van der Waals surface area contributed by atoms with E-state index >= 15 is 0 Å². The lowest BCUT2D eigenvalue weighted by atomic mass is 10.3. The largest absolute Gasteiger partial charge is 0.284 e. The van der Waals surface area contributed by atoms with E-state index < -0.39 is 10.0 Å². The first-order valence-electron chi connectivity index (χ1n) is 4.41. The molecule has 0 aromatic heterocycles. The summed E-state index contributed by atoms with van der Waals surface area (Å²) in [5.74, 6) is 0.0312. The van der Waals surface area contributed by atoms with Crippen LogP contribution >= 0.6 is 0 Å². The van der Waals surface area contributed by atoms with E-state index in [0.717, 1.165) is 17.3 Å².